The van der Waals surface area contributed by atoms with Crippen LogP contribution in [-0.2, 0) is 16.2 Å². The van der Waals surface area contributed by atoms with E-state index in [4.69, 9.17) is 4.74 Å². The number of nitrogens with zero attached hydrogens (tertiary/aromatic N) is 2. The molecule has 11 heteroatoms. The first-order valence-electron chi connectivity index (χ1n) is 12.1. The van der Waals surface area contributed by atoms with Gasteiger partial charge >= 0.3 is 4.87 Å². The number of carbonyl (C=O) groups excluding carboxylic acids is 2. The Morgan fingerprint density at radius 2 is 1.79 bits per heavy atom. The van der Waals surface area contributed by atoms with E-state index in [1.807, 2.05) is 31.2 Å². The predicted molar refractivity (Wildman–Crippen MR) is 147 cm³/mol. The van der Waals surface area contributed by atoms with Crippen LogP contribution in [0.5, 0.6) is 5.75 Å². The van der Waals surface area contributed by atoms with Crippen molar-refractivity contribution in [1.29, 1.82) is 0 Å². The maximum Gasteiger partial charge on any atom is 0.305 e. The Morgan fingerprint density at radius 3 is 2.54 bits per heavy atom. The predicted octanol–water partition coefficient (Wildman–Crippen LogP) is 5.03. The third-order valence-electron chi connectivity index (χ3n) is 6.85. The Bertz CT molecular complexity index is 1680. The van der Waals surface area contributed by atoms with Crippen molar-refractivity contribution in [1.82, 2.24) is 4.98 Å². The zero-order valence-electron chi connectivity index (χ0n) is 20.5. The van der Waals surface area contributed by atoms with E-state index in [1.165, 1.54) is 23.1 Å². The van der Waals surface area contributed by atoms with Gasteiger partial charge in [0.05, 0.1) is 21.6 Å². The highest BCUT2D eigenvalue weighted by molar-refractivity contribution is 8.00. The van der Waals surface area contributed by atoms with Crippen LogP contribution in [0, 0.1) is 23.0 Å². The summed E-state index contributed by atoms with van der Waals surface area (Å²) in [6.07, 6.45) is 0. The third-order valence-corrected chi connectivity index (χ3v) is 9.26. The van der Waals surface area contributed by atoms with Crippen molar-refractivity contribution < 1.29 is 19.2 Å². The van der Waals surface area contributed by atoms with Gasteiger partial charge < -0.3 is 9.72 Å². The lowest BCUT2D eigenvalue weighted by Gasteiger charge is -2.30. The highest BCUT2D eigenvalue weighted by Crippen LogP contribution is 2.55. The van der Waals surface area contributed by atoms with E-state index in [0.717, 1.165) is 34.2 Å². The van der Waals surface area contributed by atoms with E-state index in [-0.39, 0.29) is 17.2 Å². The average Bonchev–Trinajstić information content (AvgIpc) is 3.42. The molecular formula is C28H21N3O6S2. The standard InChI is InChI=1S/C28H21N3O6S2/c1-15-6-5-7-16(12-15)14-37-20-11-10-18(31(35)36)13-19(20)21-22-24(38-25-23(21)39-28(34)29-25)27(33)30(26(22)32)17-8-3-2-4-9-17/h2-13,21-22,24H,14H2,1H3,(H,29,34). The van der Waals surface area contributed by atoms with Gasteiger partial charge in [-0.15, -0.1) is 0 Å². The number of ether oxygens (including phenoxy) is 1. The molecule has 0 aliphatic carbocycles. The van der Waals surface area contributed by atoms with Crippen molar-refractivity contribution in [2.75, 3.05) is 4.90 Å². The van der Waals surface area contributed by atoms with Gasteiger partial charge in [-0.25, -0.2) is 4.90 Å². The molecule has 2 aliphatic rings. The third kappa shape index (κ3) is 4.43. The second-order valence-corrected chi connectivity index (χ2v) is 11.5. The first-order chi connectivity index (χ1) is 18.8. The minimum Gasteiger partial charge on any atom is -0.489 e. The molecule has 3 atom stereocenters. The molecule has 2 aliphatic heterocycles. The lowest BCUT2D eigenvalue weighted by Crippen LogP contribution is -2.32. The lowest BCUT2D eigenvalue weighted by atomic mass is 9.82. The molecule has 1 aromatic heterocycles. The molecular weight excluding hydrogens is 538 g/mol. The van der Waals surface area contributed by atoms with Crippen molar-refractivity contribution in [2.24, 2.45) is 5.92 Å². The summed E-state index contributed by atoms with van der Waals surface area (Å²) in [5.41, 5.74) is 2.63. The molecule has 4 aromatic rings. The van der Waals surface area contributed by atoms with Gasteiger partial charge in [0, 0.05) is 28.5 Å². The zero-order chi connectivity index (χ0) is 27.3. The Hall–Kier alpha value is -4.22. The number of H-pyrrole nitrogens is 1. The van der Waals surface area contributed by atoms with Crippen LogP contribution in [0.4, 0.5) is 11.4 Å². The van der Waals surface area contributed by atoms with Crippen LogP contribution in [0.3, 0.4) is 0 Å². The molecule has 1 fully saturated rings. The number of nitro groups is 1. The smallest absolute Gasteiger partial charge is 0.305 e. The molecule has 1 saturated heterocycles. The minimum absolute atomic E-state index is 0.177. The number of aromatic nitrogens is 1. The van der Waals surface area contributed by atoms with E-state index in [1.54, 1.807) is 30.3 Å². The summed E-state index contributed by atoms with van der Waals surface area (Å²) in [5.74, 6) is -2.14. The molecule has 3 heterocycles. The molecule has 3 unspecified atom stereocenters. The number of rotatable bonds is 6. The molecule has 9 nitrogen and oxygen atoms in total. The zero-order valence-corrected chi connectivity index (χ0v) is 22.2. The summed E-state index contributed by atoms with van der Waals surface area (Å²) < 4.78 is 6.19. The number of hydrogen-bond donors (Lipinski definition) is 1. The Morgan fingerprint density at radius 1 is 1.00 bits per heavy atom. The number of para-hydroxylation sites is 1. The number of amides is 2. The summed E-state index contributed by atoms with van der Waals surface area (Å²) in [7, 11) is 0. The molecule has 1 N–H and O–H groups in total. The van der Waals surface area contributed by atoms with Crippen molar-refractivity contribution in [3.63, 3.8) is 0 Å². The Balaban J connectivity index is 1.48. The number of imide groups is 1. The topological polar surface area (TPSA) is 123 Å². The van der Waals surface area contributed by atoms with Crippen molar-refractivity contribution >= 4 is 46.3 Å². The van der Waals surface area contributed by atoms with E-state index in [9.17, 15) is 24.5 Å². The molecule has 3 aromatic carbocycles. The number of fused-ring (bicyclic) bond motifs is 2. The van der Waals surface area contributed by atoms with Gasteiger partial charge in [-0.1, -0.05) is 71.1 Å². The van der Waals surface area contributed by atoms with Crippen LogP contribution in [0.25, 0.3) is 0 Å². The molecule has 196 valence electrons. The van der Waals surface area contributed by atoms with Crippen molar-refractivity contribution in [2.45, 2.75) is 29.7 Å². The molecule has 0 radical (unpaired) electrons. The Labute approximate surface area is 230 Å². The fraction of sp³-hybridized carbons (Fsp3) is 0.179. The number of non-ortho nitro benzene ring substituents is 1. The van der Waals surface area contributed by atoms with E-state index < -0.39 is 33.8 Å². The van der Waals surface area contributed by atoms with Gasteiger partial charge in [0.1, 0.15) is 17.6 Å². The lowest BCUT2D eigenvalue weighted by molar-refractivity contribution is -0.385. The van der Waals surface area contributed by atoms with Crippen molar-refractivity contribution in [3.8, 4) is 5.75 Å². The van der Waals surface area contributed by atoms with Crippen LogP contribution in [-0.4, -0.2) is 27.0 Å². The Kier molecular flexibility index (Phi) is 6.32. The van der Waals surface area contributed by atoms with Crippen LogP contribution in [0.1, 0.15) is 27.5 Å². The van der Waals surface area contributed by atoms with Crippen LogP contribution >= 0.6 is 23.1 Å². The van der Waals surface area contributed by atoms with Crippen LogP contribution in [0.2, 0.25) is 0 Å². The first kappa shape index (κ1) is 25.1. The second kappa shape index (κ2) is 9.83. The number of nitro benzene ring substituents is 1. The SMILES string of the molecule is Cc1cccc(COc2ccc([N+](=O)[O-])cc2C2c3sc(=O)[nH]c3SC3C(=O)N(c4ccccc4)C(=O)C32)c1. The first-order valence-corrected chi connectivity index (χ1v) is 13.8. The summed E-state index contributed by atoms with van der Waals surface area (Å²) >= 11 is 2.10. The van der Waals surface area contributed by atoms with Gasteiger partial charge in [0.15, 0.2) is 0 Å². The highest BCUT2D eigenvalue weighted by Gasteiger charge is 2.57. The van der Waals surface area contributed by atoms with E-state index >= 15 is 0 Å². The van der Waals surface area contributed by atoms with Crippen LogP contribution in [0.15, 0.2) is 82.6 Å². The van der Waals surface area contributed by atoms with Crippen LogP contribution < -0.4 is 14.5 Å². The second-order valence-electron chi connectivity index (χ2n) is 9.35. The minimum atomic E-state index is -0.884. The number of anilines is 1. The number of aryl methyl sites for hydroxylation is 1. The number of thioether (sulfide) groups is 1. The maximum absolute atomic E-state index is 13.9. The number of carbonyl (C=O) groups is 2. The van der Waals surface area contributed by atoms with Gasteiger partial charge in [0.2, 0.25) is 11.8 Å². The monoisotopic (exact) mass is 559 g/mol. The fourth-order valence-corrected chi connectivity index (χ4v) is 7.68. The van der Waals surface area contributed by atoms with Gasteiger partial charge in [0.25, 0.3) is 5.69 Å². The number of benzene rings is 3. The summed E-state index contributed by atoms with van der Waals surface area (Å²) in [5, 5.41) is 11.4. The van der Waals surface area contributed by atoms with Gasteiger partial charge in [-0.2, -0.15) is 0 Å². The van der Waals surface area contributed by atoms with Crippen molar-refractivity contribution in [3.05, 3.63) is 114 Å². The molecule has 6 rings (SSSR count). The number of nitrogens with one attached hydrogen (secondary N) is 1. The summed E-state index contributed by atoms with van der Waals surface area (Å²) in [4.78, 5) is 55.4. The highest BCUT2D eigenvalue weighted by atomic mass is 32.2. The van der Waals surface area contributed by atoms with Gasteiger partial charge in [-0.05, 0) is 30.7 Å². The number of aromatic amines is 1. The van der Waals surface area contributed by atoms with Gasteiger partial charge in [-0.3, -0.25) is 24.5 Å². The van der Waals surface area contributed by atoms with E-state index in [0.29, 0.717) is 26.9 Å². The molecule has 39 heavy (non-hydrogen) atoms. The molecule has 0 saturated carbocycles. The molecule has 2 amide bonds. The largest absolute Gasteiger partial charge is 0.489 e. The quantitative estimate of drug-likeness (QED) is 0.200. The molecule has 0 bridgehead atoms. The van der Waals surface area contributed by atoms with E-state index in [2.05, 4.69) is 4.98 Å². The normalized spacial score (nSPS) is 20.0. The number of thiazole rings is 1. The molecule has 0 spiro atoms. The average molecular weight is 560 g/mol. The fourth-order valence-electron chi connectivity index (χ4n) is 5.17. The summed E-state index contributed by atoms with van der Waals surface area (Å²) in [6, 6.07) is 20.7. The maximum atomic E-state index is 13.9. The summed E-state index contributed by atoms with van der Waals surface area (Å²) in [6.45, 7) is 2.17. The number of hydrogen-bond acceptors (Lipinski definition) is 8.